The highest BCUT2D eigenvalue weighted by Crippen LogP contribution is 2.40. The Labute approximate surface area is 236 Å². The Kier molecular flexibility index (Phi) is 10.3. The van der Waals surface area contributed by atoms with Crippen LogP contribution in [0.25, 0.3) is 0 Å². The van der Waals surface area contributed by atoms with Crippen LogP contribution in [0.3, 0.4) is 0 Å². The van der Waals surface area contributed by atoms with E-state index in [1.807, 2.05) is 0 Å². The van der Waals surface area contributed by atoms with E-state index in [0.29, 0.717) is 11.1 Å². The maximum Gasteiger partial charge on any atom is 0.309 e. The van der Waals surface area contributed by atoms with Gasteiger partial charge in [-0.1, -0.05) is 19.1 Å². The molecule has 3 rings (SSSR count). The standard InChI is InChI=1S/C30H31F2NO8/c1-16(13-23(35)28-29(41-18(3)34)24(37-4)11-12-33-28)30(36)40-17(2)27(21-9-7-19(31)14-25(21)38-5)22-10-8-20(32)15-26(22)39-6/h7-12,14-17,27H,13H2,1-6H3/t16-,17+/m1/s1. The monoisotopic (exact) mass is 571 g/mol. The van der Waals surface area contributed by atoms with Crippen LogP contribution in [0.1, 0.15) is 54.7 Å². The molecule has 1 heterocycles. The van der Waals surface area contributed by atoms with Crippen molar-refractivity contribution >= 4 is 17.7 Å². The summed E-state index contributed by atoms with van der Waals surface area (Å²) in [6.07, 6.45) is 0.107. The third kappa shape index (κ3) is 7.36. The molecule has 3 aromatic rings. The summed E-state index contributed by atoms with van der Waals surface area (Å²) in [6.45, 7) is 4.29. The fourth-order valence-corrected chi connectivity index (χ4v) is 4.41. The van der Waals surface area contributed by atoms with Gasteiger partial charge in [0.05, 0.1) is 33.2 Å². The van der Waals surface area contributed by atoms with Gasteiger partial charge in [0.1, 0.15) is 29.2 Å². The minimum Gasteiger partial charge on any atom is -0.496 e. The van der Waals surface area contributed by atoms with Crippen molar-refractivity contribution in [1.82, 2.24) is 4.98 Å². The number of hydrogen-bond acceptors (Lipinski definition) is 9. The Morgan fingerprint density at radius 1 is 0.829 bits per heavy atom. The number of pyridine rings is 1. The molecule has 2 atom stereocenters. The van der Waals surface area contributed by atoms with E-state index in [2.05, 4.69) is 4.98 Å². The maximum absolute atomic E-state index is 14.0. The van der Waals surface area contributed by atoms with Crippen LogP contribution in [0.5, 0.6) is 23.0 Å². The third-order valence-electron chi connectivity index (χ3n) is 6.32. The van der Waals surface area contributed by atoms with Crippen molar-refractivity contribution in [3.8, 4) is 23.0 Å². The number of aromatic nitrogens is 1. The molecule has 0 bridgehead atoms. The number of rotatable bonds is 12. The van der Waals surface area contributed by atoms with Crippen molar-refractivity contribution in [2.45, 2.75) is 39.2 Å². The van der Waals surface area contributed by atoms with Gasteiger partial charge in [-0.05, 0) is 19.1 Å². The Morgan fingerprint density at radius 2 is 1.37 bits per heavy atom. The molecule has 0 saturated carbocycles. The van der Waals surface area contributed by atoms with Crippen molar-refractivity contribution in [2.24, 2.45) is 5.92 Å². The van der Waals surface area contributed by atoms with Crippen molar-refractivity contribution in [3.05, 3.63) is 77.1 Å². The lowest BCUT2D eigenvalue weighted by Crippen LogP contribution is -2.28. The molecule has 1 aromatic heterocycles. The molecular weight excluding hydrogens is 540 g/mol. The van der Waals surface area contributed by atoms with Crippen LogP contribution in [0.2, 0.25) is 0 Å². The molecule has 218 valence electrons. The molecule has 0 N–H and O–H groups in total. The highest BCUT2D eigenvalue weighted by molar-refractivity contribution is 6.00. The van der Waals surface area contributed by atoms with Crippen LogP contribution in [-0.2, 0) is 14.3 Å². The number of carbonyl (C=O) groups excluding carboxylic acids is 3. The van der Waals surface area contributed by atoms with E-state index in [1.165, 1.54) is 83.8 Å². The fourth-order valence-electron chi connectivity index (χ4n) is 4.41. The predicted octanol–water partition coefficient (Wildman–Crippen LogP) is 5.28. The lowest BCUT2D eigenvalue weighted by Gasteiger charge is -2.28. The second-order valence-corrected chi connectivity index (χ2v) is 9.21. The molecule has 0 aliphatic carbocycles. The first-order valence-electron chi connectivity index (χ1n) is 12.6. The number of ether oxygens (including phenoxy) is 5. The summed E-state index contributed by atoms with van der Waals surface area (Å²) in [7, 11) is 4.09. The Balaban J connectivity index is 1.90. The molecule has 0 saturated heterocycles. The van der Waals surface area contributed by atoms with Crippen LogP contribution in [0, 0.1) is 17.6 Å². The smallest absolute Gasteiger partial charge is 0.309 e. The van der Waals surface area contributed by atoms with Crippen LogP contribution in [0.15, 0.2) is 48.7 Å². The number of Topliss-reactive ketones (excluding diaryl/α,β-unsaturated/α-hetero) is 1. The molecular formula is C30H31F2NO8. The van der Waals surface area contributed by atoms with E-state index in [9.17, 15) is 23.2 Å². The molecule has 2 aromatic carbocycles. The molecule has 0 radical (unpaired) electrons. The highest BCUT2D eigenvalue weighted by atomic mass is 19.1. The summed E-state index contributed by atoms with van der Waals surface area (Å²) in [4.78, 5) is 41.9. The van der Waals surface area contributed by atoms with Crippen LogP contribution >= 0.6 is 0 Å². The van der Waals surface area contributed by atoms with Gasteiger partial charge in [-0.2, -0.15) is 0 Å². The molecule has 0 aliphatic rings. The van der Waals surface area contributed by atoms with E-state index < -0.39 is 47.3 Å². The van der Waals surface area contributed by atoms with Gasteiger partial charge >= 0.3 is 11.9 Å². The largest absolute Gasteiger partial charge is 0.496 e. The van der Waals surface area contributed by atoms with Gasteiger partial charge in [-0.25, -0.2) is 13.8 Å². The minimum absolute atomic E-state index is 0.131. The lowest BCUT2D eigenvalue weighted by molar-refractivity contribution is -0.153. The van der Waals surface area contributed by atoms with E-state index >= 15 is 0 Å². The number of hydrogen-bond donors (Lipinski definition) is 0. The topological polar surface area (TPSA) is 110 Å². The number of ketones is 1. The summed E-state index contributed by atoms with van der Waals surface area (Å²) in [6, 6.07) is 9.26. The highest BCUT2D eigenvalue weighted by Gasteiger charge is 2.32. The van der Waals surface area contributed by atoms with Crippen molar-refractivity contribution in [3.63, 3.8) is 0 Å². The first-order chi connectivity index (χ1) is 19.5. The van der Waals surface area contributed by atoms with Gasteiger partial charge in [0.15, 0.2) is 17.2 Å². The molecule has 11 heteroatoms. The second-order valence-electron chi connectivity index (χ2n) is 9.21. The molecule has 0 aliphatic heterocycles. The molecule has 0 amide bonds. The van der Waals surface area contributed by atoms with Crippen molar-refractivity contribution in [1.29, 1.82) is 0 Å². The zero-order valence-electron chi connectivity index (χ0n) is 23.5. The SMILES string of the molecule is COc1cc(F)ccc1C(c1ccc(F)cc1OC)[C@H](C)OC(=O)[C@H](C)CC(=O)c1nccc(OC)c1OC(C)=O. The molecule has 0 unspecified atom stereocenters. The van der Waals surface area contributed by atoms with E-state index in [0.717, 1.165) is 0 Å². The van der Waals surface area contributed by atoms with Crippen LogP contribution in [-0.4, -0.2) is 50.1 Å². The maximum atomic E-state index is 14.0. The van der Waals surface area contributed by atoms with E-state index in [4.69, 9.17) is 23.7 Å². The zero-order valence-corrected chi connectivity index (χ0v) is 23.5. The first kappa shape index (κ1) is 31.0. The van der Waals surface area contributed by atoms with E-state index in [-0.39, 0.29) is 35.1 Å². The summed E-state index contributed by atoms with van der Waals surface area (Å²) in [5.74, 6) is -4.37. The quantitative estimate of drug-likeness (QED) is 0.212. The predicted molar refractivity (Wildman–Crippen MR) is 144 cm³/mol. The van der Waals surface area contributed by atoms with Gasteiger partial charge < -0.3 is 23.7 Å². The summed E-state index contributed by atoms with van der Waals surface area (Å²) < 4.78 is 54.9. The van der Waals surface area contributed by atoms with Gasteiger partial charge in [-0.15, -0.1) is 0 Å². The molecule has 9 nitrogen and oxygen atoms in total. The number of halogens is 2. The van der Waals surface area contributed by atoms with E-state index in [1.54, 1.807) is 6.92 Å². The fraction of sp³-hybridized carbons (Fsp3) is 0.333. The first-order valence-corrected chi connectivity index (χ1v) is 12.6. The van der Waals surface area contributed by atoms with Gasteiger partial charge in [0.2, 0.25) is 5.75 Å². The number of esters is 2. The summed E-state index contributed by atoms with van der Waals surface area (Å²) in [5, 5.41) is 0. The van der Waals surface area contributed by atoms with Crippen molar-refractivity contribution < 1.29 is 46.8 Å². The lowest BCUT2D eigenvalue weighted by atomic mass is 9.85. The number of nitrogens with zero attached hydrogens (tertiary/aromatic N) is 1. The Morgan fingerprint density at radius 3 is 1.85 bits per heavy atom. The van der Waals surface area contributed by atoms with Gasteiger partial charge in [0, 0.05) is 48.9 Å². The molecule has 0 spiro atoms. The zero-order chi connectivity index (χ0) is 30.3. The van der Waals surface area contributed by atoms with Gasteiger partial charge in [-0.3, -0.25) is 14.4 Å². The summed E-state index contributed by atoms with van der Waals surface area (Å²) in [5.41, 5.74) is 0.765. The Hall–Kier alpha value is -4.54. The minimum atomic E-state index is -0.936. The number of methoxy groups -OCH3 is 3. The molecule has 41 heavy (non-hydrogen) atoms. The number of benzene rings is 2. The van der Waals surface area contributed by atoms with Crippen LogP contribution < -0.4 is 18.9 Å². The van der Waals surface area contributed by atoms with Crippen LogP contribution in [0.4, 0.5) is 8.78 Å². The second kappa shape index (κ2) is 13.7. The average Bonchev–Trinajstić information content (AvgIpc) is 2.94. The summed E-state index contributed by atoms with van der Waals surface area (Å²) >= 11 is 0. The third-order valence-corrected chi connectivity index (χ3v) is 6.32. The number of carbonyl (C=O) groups is 3. The molecule has 0 fully saturated rings. The van der Waals surface area contributed by atoms with Crippen molar-refractivity contribution in [2.75, 3.05) is 21.3 Å². The normalized spacial score (nSPS) is 12.3. The Bertz CT molecular complexity index is 1370. The average molecular weight is 572 g/mol. The van der Waals surface area contributed by atoms with Gasteiger partial charge in [0.25, 0.3) is 0 Å².